The van der Waals surface area contributed by atoms with Crippen molar-refractivity contribution in [1.29, 1.82) is 0 Å². The SMILES string of the molecule is Cl.Oc1ccc2c(c1)S[C@H](c1ccccc1)[C@H](c1ccc(OCCN3CCCCC3)cc1)O2. The Bertz CT molecular complexity index is 1030. The molecule has 0 saturated carbocycles. The van der Waals surface area contributed by atoms with E-state index in [0.717, 1.165) is 35.1 Å². The fraction of sp³-hybridized carbons (Fsp3) is 0.333. The monoisotopic (exact) mass is 483 g/mol. The molecule has 174 valence electrons. The van der Waals surface area contributed by atoms with Gasteiger partial charge >= 0.3 is 0 Å². The zero-order valence-electron chi connectivity index (χ0n) is 18.6. The molecule has 1 fully saturated rings. The highest BCUT2D eigenvalue weighted by Gasteiger charge is 2.33. The summed E-state index contributed by atoms with van der Waals surface area (Å²) < 4.78 is 12.5. The van der Waals surface area contributed by atoms with Gasteiger partial charge < -0.3 is 14.6 Å². The lowest BCUT2D eigenvalue weighted by Crippen LogP contribution is -2.33. The molecule has 2 atom stereocenters. The molecule has 6 heteroatoms. The standard InChI is InChI=1S/C27H29NO3S.ClH/c29-22-11-14-24-25(19-22)32-27(21-7-3-1-4-8-21)26(31-24)20-9-12-23(13-10-20)30-18-17-28-15-5-2-6-16-28;/h1,3-4,7-14,19,26-27,29H,2,5-6,15-18H2;1H/t26-,27+;/m0./s1. The van der Waals surface area contributed by atoms with E-state index in [9.17, 15) is 5.11 Å². The van der Waals surface area contributed by atoms with E-state index in [2.05, 4.69) is 41.3 Å². The molecule has 0 amide bonds. The molecule has 0 bridgehead atoms. The summed E-state index contributed by atoms with van der Waals surface area (Å²) in [5.41, 5.74) is 2.33. The highest BCUT2D eigenvalue weighted by molar-refractivity contribution is 7.99. The first kappa shape index (κ1) is 23.8. The molecule has 2 heterocycles. The quantitative estimate of drug-likeness (QED) is 0.425. The molecule has 4 nitrogen and oxygen atoms in total. The highest BCUT2D eigenvalue weighted by Crippen LogP contribution is 2.53. The zero-order chi connectivity index (χ0) is 21.8. The number of aromatic hydroxyl groups is 1. The molecule has 1 saturated heterocycles. The van der Waals surface area contributed by atoms with Gasteiger partial charge in [0, 0.05) is 6.54 Å². The van der Waals surface area contributed by atoms with Crippen LogP contribution in [0.3, 0.4) is 0 Å². The number of piperidine rings is 1. The first-order valence-corrected chi connectivity index (χ1v) is 12.3. The van der Waals surface area contributed by atoms with Gasteiger partial charge in [-0.25, -0.2) is 0 Å². The Labute approximate surface area is 206 Å². The van der Waals surface area contributed by atoms with Crippen LogP contribution in [0.5, 0.6) is 17.2 Å². The van der Waals surface area contributed by atoms with E-state index in [1.165, 1.54) is 37.9 Å². The van der Waals surface area contributed by atoms with E-state index in [0.29, 0.717) is 0 Å². The molecule has 3 aromatic rings. The number of fused-ring (bicyclic) bond motifs is 1. The third-order valence-corrected chi connectivity index (χ3v) is 7.52. The van der Waals surface area contributed by atoms with Crippen LogP contribution in [0.25, 0.3) is 0 Å². The molecule has 0 radical (unpaired) electrons. The van der Waals surface area contributed by atoms with Crippen molar-refractivity contribution in [1.82, 2.24) is 4.90 Å². The normalized spacial score (nSPS) is 20.2. The average molecular weight is 484 g/mol. The van der Waals surface area contributed by atoms with Crippen molar-refractivity contribution >= 4 is 24.2 Å². The van der Waals surface area contributed by atoms with Crippen LogP contribution < -0.4 is 9.47 Å². The lowest BCUT2D eigenvalue weighted by Gasteiger charge is -2.34. The molecule has 33 heavy (non-hydrogen) atoms. The Hall–Kier alpha value is -2.34. The third-order valence-electron chi connectivity index (χ3n) is 6.17. The number of thioether (sulfide) groups is 1. The largest absolute Gasteiger partial charge is 0.508 e. The summed E-state index contributed by atoms with van der Waals surface area (Å²) in [7, 11) is 0. The van der Waals surface area contributed by atoms with Crippen LogP contribution in [0.4, 0.5) is 0 Å². The number of benzene rings is 3. The molecule has 0 aliphatic carbocycles. The van der Waals surface area contributed by atoms with Crippen LogP contribution in [0.1, 0.15) is 41.7 Å². The van der Waals surface area contributed by atoms with Crippen LogP contribution >= 0.6 is 24.2 Å². The number of nitrogens with zero attached hydrogens (tertiary/aromatic N) is 1. The summed E-state index contributed by atoms with van der Waals surface area (Å²) in [5, 5.41) is 10.0. The van der Waals surface area contributed by atoms with Crippen molar-refractivity contribution in [3.05, 3.63) is 83.9 Å². The van der Waals surface area contributed by atoms with Gasteiger partial charge in [-0.15, -0.1) is 24.2 Å². The van der Waals surface area contributed by atoms with E-state index < -0.39 is 0 Å². The van der Waals surface area contributed by atoms with Crippen molar-refractivity contribution in [2.45, 2.75) is 35.5 Å². The topological polar surface area (TPSA) is 41.9 Å². The smallest absolute Gasteiger partial charge is 0.140 e. The summed E-state index contributed by atoms with van der Waals surface area (Å²) in [5.74, 6) is 1.97. The summed E-state index contributed by atoms with van der Waals surface area (Å²) in [6, 6.07) is 24.1. The number of likely N-dealkylation sites (tertiary alicyclic amines) is 1. The van der Waals surface area contributed by atoms with E-state index in [1.807, 2.05) is 24.3 Å². The molecule has 0 unspecified atom stereocenters. The van der Waals surface area contributed by atoms with Gasteiger partial charge in [0.1, 0.15) is 30.0 Å². The summed E-state index contributed by atoms with van der Waals surface area (Å²) in [6.07, 6.45) is 3.84. The lowest BCUT2D eigenvalue weighted by molar-refractivity contribution is 0.182. The molecule has 0 spiro atoms. The van der Waals surface area contributed by atoms with Gasteiger partial charge in [0.15, 0.2) is 0 Å². The van der Waals surface area contributed by atoms with E-state index >= 15 is 0 Å². The van der Waals surface area contributed by atoms with Gasteiger partial charge in [-0.05, 0) is 67.4 Å². The second kappa shape index (κ2) is 11.2. The molecule has 1 N–H and O–H groups in total. The first-order valence-electron chi connectivity index (χ1n) is 11.4. The second-order valence-electron chi connectivity index (χ2n) is 8.44. The van der Waals surface area contributed by atoms with Gasteiger partial charge in [-0.1, -0.05) is 48.9 Å². The Kier molecular flexibility index (Phi) is 8.07. The van der Waals surface area contributed by atoms with Crippen molar-refractivity contribution in [2.24, 2.45) is 0 Å². The van der Waals surface area contributed by atoms with Gasteiger partial charge in [0.25, 0.3) is 0 Å². The first-order chi connectivity index (χ1) is 15.8. The van der Waals surface area contributed by atoms with Crippen LogP contribution in [0.15, 0.2) is 77.7 Å². The maximum atomic E-state index is 9.93. The third kappa shape index (κ3) is 5.78. The Morgan fingerprint density at radius 3 is 2.42 bits per heavy atom. The van der Waals surface area contributed by atoms with Crippen LogP contribution in [-0.2, 0) is 0 Å². The Balaban J connectivity index is 0.00000259. The molecule has 2 aliphatic heterocycles. The van der Waals surface area contributed by atoms with Crippen molar-refractivity contribution in [3.8, 4) is 17.2 Å². The van der Waals surface area contributed by atoms with Crippen LogP contribution in [0, 0.1) is 0 Å². The summed E-state index contributed by atoms with van der Waals surface area (Å²) in [6.45, 7) is 4.10. The van der Waals surface area contributed by atoms with Crippen molar-refractivity contribution in [2.75, 3.05) is 26.2 Å². The predicted octanol–water partition coefficient (Wildman–Crippen LogP) is 6.65. The molecular weight excluding hydrogens is 454 g/mol. The van der Waals surface area contributed by atoms with Crippen LogP contribution in [-0.4, -0.2) is 36.2 Å². The van der Waals surface area contributed by atoms with E-state index in [4.69, 9.17) is 9.47 Å². The minimum absolute atomic E-state index is 0. The van der Waals surface area contributed by atoms with Gasteiger partial charge in [-0.2, -0.15) is 0 Å². The maximum absolute atomic E-state index is 9.93. The average Bonchev–Trinajstić information content (AvgIpc) is 2.85. The predicted molar refractivity (Wildman–Crippen MR) is 136 cm³/mol. The molecule has 2 aliphatic rings. The molecular formula is C27H30ClNO3S. The number of hydrogen-bond donors (Lipinski definition) is 1. The molecule has 5 rings (SSSR count). The fourth-order valence-electron chi connectivity index (χ4n) is 4.44. The lowest BCUT2D eigenvalue weighted by atomic mass is 10.00. The van der Waals surface area contributed by atoms with Crippen molar-refractivity contribution < 1.29 is 14.6 Å². The highest BCUT2D eigenvalue weighted by atomic mass is 35.5. The Morgan fingerprint density at radius 1 is 0.909 bits per heavy atom. The van der Waals surface area contributed by atoms with E-state index in [-0.39, 0.29) is 29.5 Å². The van der Waals surface area contributed by atoms with Gasteiger partial charge in [-0.3, -0.25) is 4.90 Å². The molecule has 3 aromatic carbocycles. The molecule has 0 aromatic heterocycles. The minimum Gasteiger partial charge on any atom is -0.508 e. The number of phenols is 1. The van der Waals surface area contributed by atoms with Gasteiger partial charge in [0.2, 0.25) is 0 Å². The number of halogens is 1. The number of ether oxygens (including phenoxy) is 2. The van der Waals surface area contributed by atoms with Crippen molar-refractivity contribution in [3.63, 3.8) is 0 Å². The number of hydrogen-bond acceptors (Lipinski definition) is 5. The zero-order valence-corrected chi connectivity index (χ0v) is 20.2. The fourth-order valence-corrected chi connectivity index (χ4v) is 5.77. The van der Waals surface area contributed by atoms with Crippen LogP contribution in [0.2, 0.25) is 0 Å². The maximum Gasteiger partial charge on any atom is 0.140 e. The minimum atomic E-state index is -0.123. The Morgan fingerprint density at radius 2 is 1.67 bits per heavy atom. The number of rotatable bonds is 6. The summed E-state index contributed by atoms with van der Waals surface area (Å²) >= 11 is 1.74. The number of phenolic OH excluding ortho intramolecular Hbond substituents is 1. The van der Waals surface area contributed by atoms with E-state index in [1.54, 1.807) is 23.9 Å². The second-order valence-corrected chi connectivity index (χ2v) is 9.62. The summed E-state index contributed by atoms with van der Waals surface area (Å²) in [4.78, 5) is 3.46. The van der Waals surface area contributed by atoms with Gasteiger partial charge in [0.05, 0.1) is 10.1 Å².